The van der Waals surface area contributed by atoms with Crippen molar-refractivity contribution in [2.45, 2.75) is 6.92 Å². The molecular weight excluding hydrogens is 172 g/mol. The van der Waals surface area contributed by atoms with E-state index in [4.69, 9.17) is 0 Å². The molecule has 0 bridgehead atoms. The fourth-order valence-electron chi connectivity index (χ4n) is 0.824. The number of hydrogen-bond acceptors (Lipinski definition) is 3. The second kappa shape index (κ2) is 3.71. The lowest BCUT2D eigenvalue weighted by atomic mass is 10.2. The van der Waals surface area contributed by atoms with Gasteiger partial charge < -0.3 is 4.74 Å². The van der Waals surface area contributed by atoms with Gasteiger partial charge in [0.15, 0.2) is 0 Å². The van der Waals surface area contributed by atoms with Gasteiger partial charge in [0.1, 0.15) is 0 Å². The van der Waals surface area contributed by atoms with Crippen LogP contribution in [0.25, 0.3) is 0 Å². The summed E-state index contributed by atoms with van der Waals surface area (Å²) in [6.07, 6.45) is -1.84. The summed E-state index contributed by atoms with van der Waals surface area (Å²) in [4.78, 5) is 20.8. The number of esters is 1. The van der Waals surface area contributed by atoms with Crippen LogP contribution in [-0.2, 0) is 9.84 Å². The molecule has 1 radical (unpaired) electrons. The minimum absolute atomic E-state index is 0.190. The van der Waals surface area contributed by atoms with Gasteiger partial charge in [0.25, 0.3) is 0 Å². The zero-order chi connectivity index (χ0) is 9.84. The van der Waals surface area contributed by atoms with Crippen LogP contribution in [0, 0.1) is 6.92 Å². The molecule has 0 aliphatic carbocycles. The maximum atomic E-state index is 10.9. The molecule has 0 aromatic heterocycles. The van der Waals surface area contributed by atoms with Gasteiger partial charge in [0, 0.05) is 0 Å². The van der Waals surface area contributed by atoms with Crippen LogP contribution in [0.4, 0.5) is 4.79 Å². The summed E-state index contributed by atoms with van der Waals surface area (Å²) in [5.74, 6) is -0.917. The Morgan fingerprint density at radius 3 is 2.15 bits per heavy atom. The number of hydrogen-bond donors (Lipinski definition) is 0. The molecule has 0 atom stereocenters. The summed E-state index contributed by atoms with van der Waals surface area (Å²) in [6, 6.07) is 6.35. The molecule has 1 rings (SSSR count). The molecule has 0 aliphatic heterocycles. The molecule has 0 saturated carbocycles. The minimum atomic E-state index is -1.84. The summed E-state index contributed by atoms with van der Waals surface area (Å²) in [5.41, 5.74) is 1.17. The van der Waals surface area contributed by atoms with Crippen LogP contribution >= 0.6 is 0 Å². The Morgan fingerprint density at radius 2 is 1.69 bits per heavy atom. The highest BCUT2D eigenvalue weighted by atomic mass is 16.7. The van der Waals surface area contributed by atoms with E-state index in [0.29, 0.717) is 0 Å². The third-order valence-electron chi connectivity index (χ3n) is 1.46. The fraction of sp³-hybridized carbons (Fsp3) is 0.111. The van der Waals surface area contributed by atoms with Gasteiger partial charge in [-0.3, -0.25) is 0 Å². The number of carbonyl (C=O) groups excluding carboxylic acids is 2. The first-order chi connectivity index (χ1) is 6.09. The number of carbonyl (C=O) groups is 2. The molecule has 4 heteroatoms. The third-order valence-corrected chi connectivity index (χ3v) is 1.46. The Kier molecular flexibility index (Phi) is 2.64. The van der Waals surface area contributed by atoms with Crippen LogP contribution < -0.4 is 0 Å². The van der Waals surface area contributed by atoms with E-state index in [1.807, 2.05) is 6.92 Å². The van der Waals surface area contributed by atoms with Gasteiger partial charge in [0.2, 0.25) is 0 Å². The summed E-state index contributed by atoms with van der Waals surface area (Å²) >= 11 is 0. The molecule has 0 N–H and O–H groups in total. The highest BCUT2D eigenvalue weighted by Gasteiger charge is 2.11. The van der Waals surface area contributed by atoms with Gasteiger partial charge in [-0.1, -0.05) is 17.7 Å². The summed E-state index contributed by atoms with van der Waals surface area (Å²) in [6.45, 7) is 1.86. The van der Waals surface area contributed by atoms with Crippen LogP contribution in [0.5, 0.6) is 0 Å². The molecule has 0 fully saturated rings. The van der Waals surface area contributed by atoms with E-state index in [-0.39, 0.29) is 5.56 Å². The molecular formula is C9H7O4. The number of rotatable bonds is 1. The molecule has 0 heterocycles. The smallest absolute Gasteiger partial charge is 0.354 e. The van der Waals surface area contributed by atoms with Crippen LogP contribution in [-0.4, -0.2) is 12.1 Å². The van der Waals surface area contributed by atoms with Gasteiger partial charge in [-0.2, -0.15) is 9.90 Å². The van der Waals surface area contributed by atoms with Crippen molar-refractivity contribution in [3.63, 3.8) is 0 Å². The van der Waals surface area contributed by atoms with E-state index >= 15 is 0 Å². The second-order valence-electron chi connectivity index (χ2n) is 2.51. The van der Waals surface area contributed by atoms with Crippen molar-refractivity contribution in [2.75, 3.05) is 0 Å². The molecule has 0 spiro atoms. The predicted molar refractivity (Wildman–Crippen MR) is 42.7 cm³/mol. The summed E-state index contributed by atoms with van der Waals surface area (Å²) in [5, 5.41) is 9.90. The topological polar surface area (TPSA) is 63.3 Å². The molecule has 0 unspecified atom stereocenters. The van der Waals surface area contributed by atoms with Crippen LogP contribution in [0.1, 0.15) is 15.9 Å². The van der Waals surface area contributed by atoms with E-state index in [1.54, 1.807) is 12.1 Å². The lowest BCUT2D eigenvalue weighted by Gasteiger charge is -1.97. The molecule has 13 heavy (non-hydrogen) atoms. The van der Waals surface area contributed by atoms with Crippen molar-refractivity contribution in [3.05, 3.63) is 35.4 Å². The zero-order valence-electron chi connectivity index (χ0n) is 6.94. The molecule has 0 aliphatic rings. The summed E-state index contributed by atoms with van der Waals surface area (Å²) in [7, 11) is 0. The monoisotopic (exact) mass is 179 g/mol. The Balaban J connectivity index is 2.78. The minimum Gasteiger partial charge on any atom is -0.354 e. The molecule has 1 aromatic rings. The van der Waals surface area contributed by atoms with Gasteiger partial charge in [-0.05, 0) is 19.1 Å². The Morgan fingerprint density at radius 1 is 1.15 bits per heavy atom. The van der Waals surface area contributed by atoms with Crippen LogP contribution in [0.2, 0.25) is 0 Å². The Bertz CT molecular complexity index is 326. The standard InChI is InChI=1S/C9H7O4/c1-6-2-4-7(5-3-6)8(10)13-9(11)12/h2-5H,1H3. The van der Waals surface area contributed by atoms with Crippen molar-refractivity contribution >= 4 is 12.1 Å². The predicted octanol–water partition coefficient (Wildman–Crippen LogP) is 1.70. The Labute approximate surface area is 74.8 Å². The maximum Gasteiger partial charge on any atom is 0.558 e. The Hall–Kier alpha value is -1.84. The molecule has 0 saturated heterocycles. The first-order valence-electron chi connectivity index (χ1n) is 3.59. The van der Waals surface area contributed by atoms with Gasteiger partial charge in [-0.15, -0.1) is 0 Å². The second-order valence-corrected chi connectivity index (χ2v) is 2.51. The first kappa shape index (κ1) is 9.25. The van der Waals surface area contributed by atoms with Gasteiger partial charge in [-0.25, -0.2) is 4.79 Å². The quantitative estimate of drug-likeness (QED) is 0.486. The van der Waals surface area contributed by atoms with E-state index in [1.165, 1.54) is 12.1 Å². The van der Waals surface area contributed by atoms with Crippen molar-refractivity contribution in [3.8, 4) is 0 Å². The molecule has 1 aromatic carbocycles. The van der Waals surface area contributed by atoms with Gasteiger partial charge in [0.05, 0.1) is 5.56 Å². The van der Waals surface area contributed by atoms with Crippen molar-refractivity contribution < 1.29 is 19.4 Å². The van der Waals surface area contributed by atoms with Crippen LogP contribution in [0.3, 0.4) is 0 Å². The number of aryl methyl sites for hydroxylation is 1. The van der Waals surface area contributed by atoms with E-state index in [0.717, 1.165) is 5.56 Å². The van der Waals surface area contributed by atoms with Crippen molar-refractivity contribution in [1.29, 1.82) is 0 Å². The first-order valence-corrected chi connectivity index (χ1v) is 3.59. The van der Waals surface area contributed by atoms with E-state index in [9.17, 15) is 14.7 Å². The normalized spacial score (nSPS) is 9.31. The highest BCUT2D eigenvalue weighted by molar-refractivity contribution is 5.94. The SMILES string of the molecule is Cc1ccc(C(=O)OC([O])=O)cc1. The highest BCUT2D eigenvalue weighted by Crippen LogP contribution is 2.04. The molecule has 4 nitrogen and oxygen atoms in total. The van der Waals surface area contributed by atoms with Crippen molar-refractivity contribution in [1.82, 2.24) is 0 Å². The third kappa shape index (κ3) is 2.59. The molecule has 0 amide bonds. The number of ether oxygens (including phenoxy) is 1. The lowest BCUT2D eigenvalue weighted by molar-refractivity contribution is 0.0433. The zero-order valence-corrected chi connectivity index (χ0v) is 6.94. The average molecular weight is 179 g/mol. The largest absolute Gasteiger partial charge is 0.558 e. The average Bonchev–Trinajstić information content (AvgIpc) is 2.04. The van der Waals surface area contributed by atoms with Gasteiger partial charge >= 0.3 is 12.1 Å². The van der Waals surface area contributed by atoms with Crippen molar-refractivity contribution in [2.24, 2.45) is 0 Å². The lowest BCUT2D eigenvalue weighted by Crippen LogP contribution is -2.08. The van der Waals surface area contributed by atoms with Crippen LogP contribution in [0.15, 0.2) is 24.3 Å². The number of benzene rings is 1. The fourth-order valence-corrected chi connectivity index (χ4v) is 0.824. The molecule has 67 valence electrons. The maximum absolute atomic E-state index is 10.9. The summed E-state index contributed by atoms with van der Waals surface area (Å²) < 4.78 is 3.84. The van der Waals surface area contributed by atoms with E-state index < -0.39 is 12.1 Å². The van der Waals surface area contributed by atoms with E-state index in [2.05, 4.69) is 4.74 Å².